The molecule has 1 atom stereocenters. The van der Waals surface area contributed by atoms with Gasteiger partial charge in [0, 0.05) is 24.4 Å². The van der Waals surface area contributed by atoms with E-state index in [4.69, 9.17) is 9.84 Å². The molecule has 0 aliphatic rings. The Bertz CT molecular complexity index is 1520. The first kappa shape index (κ1) is 25.9. The van der Waals surface area contributed by atoms with E-state index in [1.54, 1.807) is 18.2 Å². The molecule has 0 saturated heterocycles. The first-order valence-corrected chi connectivity index (χ1v) is 11.1. The number of anilines is 1. The molecule has 192 valence electrons. The van der Waals surface area contributed by atoms with E-state index in [1.165, 1.54) is 43.4 Å². The molecule has 0 saturated carbocycles. The molecule has 0 spiro atoms. The number of hydrogen-bond donors (Lipinski definition) is 3. The Morgan fingerprint density at radius 1 is 1.11 bits per heavy atom. The minimum Gasteiger partial charge on any atom is -0.491 e. The highest BCUT2D eigenvalue weighted by atomic mass is 19.4. The van der Waals surface area contributed by atoms with E-state index in [0.717, 1.165) is 16.7 Å². The van der Waals surface area contributed by atoms with Crippen molar-refractivity contribution in [2.45, 2.75) is 12.3 Å². The topological polar surface area (TPSA) is 114 Å². The number of hydrogen-bond acceptors (Lipinski definition) is 6. The quantitative estimate of drug-likeness (QED) is 0.348. The van der Waals surface area contributed by atoms with Gasteiger partial charge in [0.25, 0.3) is 11.5 Å². The van der Waals surface area contributed by atoms with Crippen LogP contribution in [-0.2, 0) is 13.2 Å². The summed E-state index contributed by atoms with van der Waals surface area (Å²) >= 11 is 0. The number of alkyl halides is 3. The third-order valence-electron chi connectivity index (χ3n) is 5.54. The van der Waals surface area contributed by atoms with Gasteiger partial charge in [0.2, 0.25) is 0 Å². The van der Waals surface area contributed by atoms with Crippen molar-refractivity contribution in [2.75, 3.05) is 18.5 Å². The molecule has 1 unspecified atom stereocenters. The summed E-state index contributed by atoms with van der Waals surface area (Å²) in [6.45, 7) is -0.616. The monoisotopic (exact) mass is 513 g/mol. The van der Waals surface area contributed by atoms with Crippen LogP contribution in [0.2, 0.25) is 0 Å². The van der Waals surface area contributed by atoms with Crippen LogP contribution in [0.5, 0.6) is 5.75 Å². The van der Waals surface area contributed by atoms with Gasteiger partial charge in [-0.05, 0) is 36.4 Å². The summed E-state index contributed by atoms with van der Waals surface area (Å²) in [7, 11) is 1.40. The maximum atomic E-state index is 13.3. The molecular weight excluding hydrogens is 491 g/mol. The number of aliphatic hydroxyl groups is 2. The lowest BCUT2D eigenvalue weighted by Gasteiger charge is -2.14. The van der Waals surface area contributed by atoms with E-state index < -0.39 is 35.9 Å². The number of rotatable bonds is 7. The van der Waals surface area contributed by atoms with E-state index in [-0.39, 0.29) is 34.5 Å². The fourth-order valence-corrected chi connectivity index (χ4v) is 3.68. The molecule has 0 fully saturated rings. The SMILES string of the molecule is Cn1c(-c2cccc(C(F)(F)F)c2)nc2c(C(=O)Nc3cccc(OCC(O)CO)c3)cccc2c1=O. The number of carbonyl (C=O) groups excluding carboxylic acids is 1. The summed E-state index contributed by atoms with van der Waals surface area (Å²) in [5.74, 6) is -0.294. The predicted molar refractivity (Wildman–Crippen MR) is 130 cm³/mol. The molecule has 1 amide bonds. The van der Waals surface area contributed by atoms with Gasteiger partial charge >= 0.3 is 6.18 Å². The minimum atomic E-state index is -4.58. The van der Waals surface area contributed by atoms with E-state index in [1.807, 2.05) is 0 Å². The Morgan fingerprint density at radius 2 is 1.84 bits per heavy atom. The number of aliphatic hydroxyl groups excluding tert-OH is 2. The third-order valence-corrected chi connectivity index (χ3v) is 5.54. The molecule has 0 bridgehead atoms. The van der Waals surface area contributed by atoms with Gasteiger partial charge in [-0.1, -0.05) is 24.3 Å². The molecule has 4 rings (SSSR count). The lowest BCUT2D eigenvalue weighted by Crippen LogP contribution is -2.22. The molecule has 1 heterocycles. The van der Waals surface area contributed by atoms with Gasteiger partial charge in [-0.15, -0.1) is 0 Å². The molecule has 11 heteroatoms. The van der Waals surface area contributed by atoms with Gasteiger partial charge in [-0.25, -0.2) is 4.98 Å². The average molecular weight is 513 g/mol. The Kier molecular flexibility index (Phi) is 7.28. The number of amides is 1. The van der Waals surface area contributed by atoms with Crippen LogP contribution in [0.25, 0.3) is 22.3 Å². The van der Waals surface area contributed by atoms with E-state index in [9.17, 15) is 27.9 Å². The average Bonchev–Trinajstić information content (AvgIpc) is 2.88. The van der Waals surface area contributed by atoms with Crippen molar-refractivity contribution in [2.24, 2.45) is 7.05 Å². The maximum absolute atomic E-state index is 13.3. The molecule has 3 aromatic carbocycles. The molecule has 4 aromatic rings. The highest BCUT2D eigenvalue weighted by Crippen LogP contribution is 2.32. The highest BCUT2D eigenvalue weighted by molar-refractivity contribution is 6.12. The van der Waals surface area contributed by atoms with Gasteiger partial charge in [-0.2, -0.15) is 13.2 Å². The lowest BCUT2D eigenvalue weighted by molar-refractivity contribution is -0.137. The smallest absolute Gasteiger partial charge is 0.416 e. The number of aromatic nitrogens is 2. The summed E-state index contributed by atoms with van der Waals surface area (Å²) in [5.41, 5.74) is -0.912. The summed E-state index contributed by atoms with van der Waals surface area (Å²) in [5, 5.41) is 21.2. The van der Waals surface area contributed by atoms with Crippen LogP contribution in [0.1, 0.15) is 15.9 Å². The number of fused-ring (bicyclic) bond motifs is 1. The summed E-state index contributed by atoms with van der Waals surface area (Å²) in [4.78, 5) is 30.6. The van der Waals surface area contributed by atoms with E-state index in [0.29, 0.717) is 11.4 Å². The zero-order valence-corrected chi connectivity index (χ0v) is 19.5. The van der Waals surface area contributed by atoms with Crippen molar-refractivity contribution < 1.29 is 32.9 Å². The summed E-state index contributed by atoms with van der Waals surface area (Å²) in [6.07, 6.45) is -5.64. The van der Waals surface area contributed by atoms with Crippen LogP contribution in [0, 0.1) is 0 Å². The number of ether oxygens (including phenoxy) is 1. The molecule has 3 N–H and O–H groups in total. The van der Waals surface area contributed by atoms with Crippen molar-refractivity contribution in [1.29, 1.82) is 0 Å². The normalized spacial score (nSPS) is 12.4. The van der Waals surface area contributed by atoms with Crippen LogP contribution >= 0.6 is 0 Å². The summed E-state index contributed by atoms with van der Waals surface area (Å²) < 4.78 is 46.3. The second-order valence-electron chi connectivity index (χ2n) is 8.21. The highest BCUT2D eigenvalue weighted by Gasteiger charge is 2.31. The Labute approximate surface area is 208 Å². The summed E-state index contributed by atoms with van der Waals surface area (Å²) in [6, 6.07) is 15.2. The molecular formula is C26H22F3N3O5. The number of halogens is 3. The standard InChI is InChI=1S/C26H22F3N3O5/c1-32-23(15-5-2-6-16(11-15)26(27,28)29)31-22-20(9-4-10-21(22)25(32)36)24(35)30-17-7-3-8-19(12-17)37-14-18(34)13-33/h2-12,18,33-34H,13-14H2,1H3,(H,30,35). The van der Waals surface area contributed by atoms with Crippen LogP contribution in [0.15, 0.2) is 71.5 Å². The van der Waals surface area contributed by atoms with Crippen molar-refractivity contribution in [1.82, 2.24) is 9.55 Å². The lowest BCUT2D eigenvalue weighted by atomic mass is 10.1. The van der Waals surface area contributed by atoms with Gasteiger partial charge in [0.15, 0.2) is 0 Å². The minimum absolute atomic E-state index is 0.0262. The van der Waals surface area contributed by atoms with Crippen molar-refractivity contribution >= 4 is 22.5 Å². The molecule has 37 heavy (non-hydrogen) atoms. The molecule has 1 aromatic heterocycles. The zero-order chi connectivity index (χ0) is 26.7. The van der Waals surface area contributed by atoms with Crippen molar-refractivity contribution in [3.8, 4) is 17.1 Å². The largest absolute Gasteiger partial charge is 0.491 e. The predicted octanol–water partition coefficient (Wildman–Crippen LogP) is 3.60. The number of benzene rings is 3. The van der Waals surface area contributed by atoms with Crippen LogP contribution in [0.3, 0.4) is 0 Å². The fraction of sp³-hybridized carbons (Fsp3) is 0.192. The number of nitrogens with one attached hydrogen (secondary N) is 1. The Morgan fingerprint density at radius 3 is 2.57 bits per heavy atom. The number of para-hydroxylation sites is 1. The fourth-order valence-electron chi connectivity index (χ4n) is 3.68. The van der Waals surface area contributed by atoms with Crippen LogP contribution in [-0.4, -0.2) is 45.0 Å². The molecule has 0 radical (unpaired) electrons. The van der Waals surface area contributed by atoms with Gasteiger partial charge < -0.3 is 20.3 Å². The molecule has 0 aliphatic heterocycles. The first-order valence-electron chi connectivity index (χ1n) is 11.1. The van der Waals surface area contributed by atoms with Gasteiger partial charge in [-0.3, -0.25) is 14.2 Å². The van der Waals surface area contributed by atoms with E-state index in [2.05, 4.69) is 10.3 Å². The Hall–Kier alpha value is -4.22. The van der Waals surface area contributed by atoms with Gasteiger partial charge in [0.1, 0.15) is 24.3 Å². The van der Waals surface area contributed by atoms with Gasteiger partial charge in [0.05, 0.1) is 28.6 Å². The van der Waals surface area contributed by atoms with Crippen LogP contribution in [0.4, 0.5) is 18.9 Å². The second-order valence-corrected chi connectivity index (χ2v) is 8.21. The van der Waals surface area contributed by atoms with Crippen molar-refractivity contribution in [3.63, 3.8) is 0 Å². The maximum Gasteiger partial charge on any atom is 0.416 e. The van der Waals surface area contributed by atoms with Crippen molar-refractivity contribution in [3.05, 3.63) is 88.2 Å². The third kappa shape index (κ3) is 5.63. The molecule has 8 nitrogen and oxygen atoms in total. The zero-order valence-electron chi connectivity index (χ0n) is 19.5. The second kappa shape index (κ2) is 10.4. The molecule has 0 aliphatic carbocycles. The number of nitrogens with zero attached hydrogens (tertiary/aromatic N) is 2. The van der Waals surface area contributed by atoms with E-state index >= 15 is 0 Å². The number of carbonyl (C=O) groups is 1. The van der Waals surface area contributed by atoms with Crippen LogP contribution < -0.4 is 15.6 Å². The first-order chi connectivity index (χ1) is 17.6. The Balaban J connectivity index is 1.72.